The van der Waals surface area contributed by atoms with Gasteiger partial charge in [0.05, 0.1) is 28.7 Å². The van der Waals surface area contributed by atoms with Crippen LogP contribution < -0.4 is 5.32 Å². The van der Waals surface area contributed by atoms with Gasteiger partial charge in [-0.25, -0.2) is 4.98 Å². The number of carbonyl (C=O) groups is 3. The van der Waals surface area contributed by atoms with Crippen LogP contribution in [0.1, 0.15) is 42.5 Å². The first-order valence-electron chi connectivity index (χ1n) is 10.4. The van der Waals surface area contributed by atoms with Gasteiger partial charge in [0, 0.05) is 18.5 Å². The summed E-state index contributed by atoms with van der Waals surface area (Å²) in [6.07, 6.45) is 0.549. The Morgan fingerprint density at radius 1 is 0.906 bits per heavy atom. The highest BCUT2D eigenvalue weighted by molar-refractivity contribution is 6.22. The summed E-state index contributed by atoms with van der Waals surface area (Å²) in [5.41, 5.74) is 3.63. The van der Waals surface area contributed by atoms with Crippen LogP contribution in [0.4, 0.5) is 0 Å². The number of imide groups is 1. The van der Waals surface area contributed by atoms with E-state index in [4.69, 9.17) is 0 Å². The lowest BCUT2D eigenvalue weighted by molar-refractivity contribution is 0.0642. The molecule has 7 nitrogen and oxygen atoms in total. The fraction of sp³-hybridized carbons (Fsp3) is 0.120. The molecule has 32 heavy (non-hydrogen) atoms. The molecule has 0 bridgehead atoms. The Morgan fingerprint density at radius 2 is 1.66 bits per heavy atom. The van der Waals surface area contributed by atoms with Gasteiger partial charge in [0.15, 0.2) is 0 Å². The summed E-state index contributed by atoms with van der Waals surface area (Å²) in [5.74, 6) is -0.236. The Hall–Kier alpha value is -4.26. The van der Waals surface area contributed by atoms with Crippen molar-refractivity contribution < 1.29 is 14.4 Å². The summed E-state index contributed by atoms with van der Waals surface area (Å²) < 4.78 is 0. The summed E-state index contributed by atoms with van der Waals surface area (Å²) in [6.45, 7) is 0.592. The van der Waals surface area contributed by atoms with Gasteiger partial charge >= 0.3 is 0 Å². The minimum Gasteiger partial charge on any atom is -0.352 e. The number of para-hydroxylation sites is 2. The maximum atomic E-state index is 12.8. The van der Waals surface area contributed by atoms with Gasteiger partial charge in [0.1, 0.15) is 5.82 Å². The maximum Gasteiger partial charge on any atom is 0.261 e. The highest BCUT2D eigenvalue weighted by Crippen LogP contribution is 2.25. The second kappa shape index (κ2) is 8.11. The van der Waals surface area contributed by atoms with E-state index >= 15 is 0 Å². The van der Waals surface area contributed by atoms with Gasteiger partial charge < -0.3 is 10.3 Å². The van der Waals surface area contributed by atoms with Crippen molar-refractivity contribution in [3.63, 3.8) is 0 Å². The van der Waals surface area contributed by atoms with E-state index in [-0.39, 0.29) is 29.8 Å². The lowest BCUT2D eigenvalue weighted by Crippen LogP contribution is -2.29. The molecule has 1 aromatic heterocycles. The van der Waals surface area contributed by atoms with E-state index < -0.39 is 0 Å². The molecule has 2 N–H and O–H groups in total. The highest BCUT2D eigenvalue weighted by atomic mass is 16.2. The zero-order valence-electron chi connectivity index (χ0n) is 17.2. The van der Waals surface area contributed by atoms with Crippen LogP contribution in [0.2, 0.25) is 0 Å². The third kappa shape index (κ3) is 3.65. The molecule has 0 aliphatic carbocycles. The Labute approximate surface area is 184 Å². The molecule has 1 aliphatic heterocycles. The molecule has 0 fully saturated rings. The second-order valence-electron chi connectivity index (χ2n) is 7.65. The molecule has 5 rings (SSSR count). The molecule has 3 aromatic carbocycles. The van der Waals surface area contributed by atoms with Crippen molar-refractivity contribution in [3.8, 4) is 0 Å². The third-order valence-corrected chi connectivity index (χ3v) is 5.50. The minimum absolute atomic E-state index is 0.201. The summed E-state index contributed by atoms with van der Waals surface area (Å²) in [5, 5.41) is 2.85. The molecule has 0 atom stereocenters. The van der Waals surface area contributed by atoms with Crippen molar-refractivity contribution in [3.05, 3.63) is 101 Å². The van der Waals surface area contributed by atoms with E-state index in [9.17, 15) is 14.4 Å². The van der Waals surface area contributed by atoms with Crippen molar-refractivity contribution in [1.29, 1.82) is 0 Å². The van der Waals surface area contributed by atoms with Crippen molar-refractivity contribution in [1.82, 2.24) is 20.2 Å². The number of aromatic amines is 1. The van der Waals surface area contributed by atoms with E-state index in [1.54, 1.807) is 12.1 Å². The lowest BCUT2D eigenvalue weighted by atomic mass is 10.1. The third-order valence-electron chi connectivity index (χ3n) is 5.50. The molecule has 7 heteroatoms. The zero-order valence-corrected chi connectivity index (χ0v) is 17.2. The van der Waals surface area contributed by atoms with Crippen LogP contribution >= 0.6 is 0 Å². The summed E-state index contributed by atoms with van der Waals surface area (Å²) in [6, 6.07) is 21.7. The topological polar surface area (TPSA) is 95.2 Å². The van der Waals surface area contributed by atoms with Crippen molar-refractivity contribution in [2.45, 2.75) is 13.0 Å². The number of imidazole rings is 1. The van der Waals surface area contributed by atoms with E-state index in [1.165, 1.54) is 11.0 Å². The number of amides is 3. The van der Waals surface area contributed by atoms with Gasteiger partial charge in [-0.15, -0.1) is 0 Å². The zero-order chi connectivity index (χ0) is 22.1. The Bertz CT molecular complexity index is 1310. The number of fused-ring (bicyclic) bond motifs is 2. The molecule has 4 aromatic rings. The van der Waals surface area contributed by atoms with Crippen LogP contribution in [0.15, 0.2) is 72.8 Å². The smallest absolute Gasteiger partial charge is 0.261 e. The predicted molar refractivity (Wildman–Crippen MR) is 119 cm³/mol. The van der Waals surface area contributed by atoms with E-state index in [1.807, 2.05) is 54.6 Å². The summed E-state index contributed by atoms with van der Waals surface area (Å²) in [4.78, 5) is 47.1. The second-order valence-corrected chi connectivity index (χ2v) is 7.65. The lowest BCUT2D eigenvalue weighted by Gasteiger charge is -2.13. The van der Waals surface area contributed by atoms with Crippen molar-refractivity contribution in [2.75, 3.05) is 6.54 Å². The molecule has 3 amide bonds. The molecule has 1 aliphatic rings. The number of nitrogens with zero attached hydrogens (tertiary/aromatic N) is 2. The first-order valence-corrected chi connectivity index (χ1v) is 10.4. The molecule has 158 valence electrons. The number of nitrogens with one attached hydrogen (secondary N) is 2. The molecule has 0 spiro atoms. The first kappa shape index (κ1) is 19.7. The van der Waals surface area contributed by atoms with Gasteiger partial charge in [0.25, 0.3) is 17.7 Å². The Balaban J connectivity index is 1.25. The van der Waals surface area contributed by atoms with Crippen LogP contribution in [0.25, 0.3) is 11.0 Å². The van der Waals surface area contributed by atoms with Crippen LogP contribution in [-0.4, -0.2) is 39.1 Å². The summed E-state index contributed by atoms with van der Waals surface area (Å²) >= 11 is 0. The predicted octanol–water partition coefficient (Wildman–Crippen LogP) is 3.33. The van der Waals surface area contributed by atoms with Gasteiger partial charge in [-0.3, -0.25) is 19.3 Å². The van der Waals surface area contributed by atoms with Gasteiger partial charge in [-0.1, -0.05) is 42.5 Å². The van der Waals surface area contributed by atoms with Crippen LogP contribution in [0.5, 0.6) is 0 Å². The minimum atomic E-state index is -0.384. The fourth-order valence-corrected chi connectivity index (χ4v) is 3.86. The Morgan fingerprint density at radius 3 is 2.47 bits per heavy atom. The van der Waals surface area contributed by atoms with Gasteiger partial charge in [0.2, 0.25) is 0 Å². The number of H-pyrrole nitrogens is 1. The first-order chi connectivity index (χ1) is 15.6. The number of benzene rings is 3. The van der Waals surface area contributed by atoms with Crippen molar-refractivity contribution >= 4 is 28.8 Å². The van der Waals surface area contributed by atoms with Gasteiger partial charge in [-0.2, -0.15) is 0 Å². The molecule has 0 saturated heterocycles. The number of hydrogen-bond donors (Lipinski definition) is 2. The molecule has 0 saturated carbocycles. The van der Waals surface area contributed by atoms with Crippen LogP contribution in [-0.2, 0) is 13.0 Å². The summed E-state index contributed by atoms with van der Waals surface area (Å²) in [7, 11) is 0. The quantitative estimate of drug-likeness (QED) is 0.464. The van der Waals surface area contributed by atoms with Gasteiger partial charge in [-0.05, 0) is 35.9 Å². The van der Waals surface area contributed by atoms with Crippen LogP contribution in [0.3, 0.4) is 0 Å². The number of rotatable bonds is 6. The maximum absolute atomic E-state index is 12.8. The molecule has 0 unspecified atom stereocenters. The molecule has 2 heterocycles. The number of aromatic nitrogens is 2. The molecular formula is C25H20N4O3. The molecule has 0 radical (unpaired) electrons. The monoisotopic (exact) mass is 424 g/mol. The van der Waals surface area contributed by atoms with E-state index in [2.05, 4.69) is 15.3 Å². The van der Waals surface area contributed by atoms with Crippen LogP contribution in [0, 0.1) is 0 Å². The van der Waals surface area contributed by atoms with E-state index in [0.717, 1.165) is 22.4 Å². The standard InChI is InChI=1S/C25H20N4O3/c30-23(26-13-12-22-27-20-8-4-5-9-21(20)28-22)17-10-11-18-19(14-17)25(32)29(24(18)31)15-16-6-2-1-3-7-16/h1-11,14H,12-13,15H2,(H,26,30)(H,27,28). The Kier molecular flexibility index (Phi) is 4.99. The number of carbonyl (C=O) groups excluding carboxylic acids is 3. The normalized spacial score (nSPS) is 12.9. The number of hydrogen-bond acceptors (Lipinski definition) is 4. The molecular weight excluding hydrogens is 404 g/mol. The SMILES string of the molecule is O=C(NCCc1nc2ccccc2[nH]1)c1ccc2c(c1)C(=O)N(Cc1ccccc1)C2=O. The highest BCUT2D eigenvalue weighted by Gasteiger charge is 2.35. The average Bonchev–Trinajstić information content (AvgIpc) is 3.34. The van der Waals surface area contributed by atoms with E-state index in [0.29, 0.717) is 24.1 Å². The fourth-order valence-electron chi connectivity index (χ4n) is 3.86. The average molecular weight is 424 g/mol. The largest absolute Gasteiger partial charge is 0.352 e. The van der Waals surface area contributed by atoms with Crippen molar-refractivity contribution in [2.24, 2.45) is 0 Å².